The van der Waals surface area contributed by atoms with E-state index in [0.717, 1.165) is 0 Å². The SMILES string of the molecule is CC.NC(NC1=NC(c2ccccc2F)CC1)C(=O)N1CC(F)C1. The second-order valence-electron chi connectivity index (χ2n) is 5.61. The van der Waals surface area contributed by atoms with Gasteiger partial charge in [0.15, 0.2) is 6.17 Å². The van der Waals surface area contributed by atoms with Gasteiger partial charge in [-0.25, -0.2) is 8.78 Å². The van der Waals surface area contributed by atoms with E-state index in [4.69, 9.17) is 5.73 Å². The molecule has 0 saturated carbocycles. The van der Waals surface area contributed by atoms with Gasteiger partial charge in [0.2, 0.25) is 0 Å². The van der Waals surface area contributed by atoms with Gasteiger partial charge in [-0.1, -0.05) is 32.0 Å². The molecule has 2 unspecified atom stereocenters. The minimum Gasteiger partial charge on any atom is -0.351 e. The van der Waals surface area contributed by atoms with Crippen LogP contribution in [-0.4, -0.2) is 42.1 Å². The van der Waals surface area contributed by atoms with Gasteiger partial charge in [0.25, 0.3) is 5.91 Å². The Morgan fingerprint density at radius 3 is 2.67 bits per heavy atom. The Kier molecular flexibility index (Phi) is 6.25. The molecule has 24 heavy (non-hydrogen) atoms. The number of halogens is 2. The molecular formula is C17H24F2N4O. The van der Waals surface area contributed by atoms with E-state index >= 15 is 0 Å². The number of nitrogens with two attached hydrogens (primary N) is 1. The third-order valence-corrected chi connectivity index (χ3v) is 3.97. The molecule has 0 aliphatic carbocycles. The van der Waals surface area contributed by atoms with E-state index in [0.29, 0.717) is 24.2 Å². The second kappa shape index (κ2) is 8.19. The largest absolute Gasteiger partial charge is 0.351 e. The zero-order valence-electron chi connectivity index (χ0n) is 14.0. The lowest BCUT2D eigenvalue weighted by Crippen LogP contribution is -2.60. The molecular weight excluding hydrogens is 314 g/mol. The summed E-state index contributed by atoms with van der Waals surface area (Å²) < 4.78 is 26.5. The topological polar surface area (TPSA) is 70.7 Å². The van der Waals surface area contributed by atoms with Crippen molar-refractivity contribution in [2.45, 2.75) is 45.1 Å². The number of carbonyl (C=O) groups excluding carboxylic acids is 1. The summed E-state index contributed by atoms with van der Waals surface area (Å²) in [6, 6.07) is 6.26. The quantitative estimate of drug-likeness (QED) is 0.830. The second-order valence-corrected chi connectivity index (χ2v) is 5.61. The molecule has 0 aromatic heterocycles. The molecule has 5 nitrogen and oxygen atoms in total. The minimum atomic E-state index is -0.953. The standard InChI is InChI=1S/C15H18F2N4O.C2H6/c16-9-7-21(8-9)15(22)14(18)20-13-6-5-12(19-13)10-3-1-2-4-11(10)17;1-2/h1-4,9,12,14H,5-8,18H2,(H,19,20);1-2H3. The monoisotopic (exact) mass is 338 g/mol. The first-order valence-corrected chi connectivity index (χ1v) is 8.30. The van der Waals surface area contributed by atoms with Gasteiger partial charge in [-0.05, 0) is 12.5 Å². The van der Waals surface area contributed by atoms with Crippen molar-refractivity contribution in [2.24, 2.45) is 10.7 Å². The summed E-state index contributed by atoms with van der Waals surface area (Å²) in [5, 5.41) is 2.85. The van der Waals surface area contributed by atoms with Crippen LogP contribution in [0.1, 0.15) is 38.3 Å². The van der Waals surface area contributed by atoms with Crippen LogP contribution in [0, 0.1) is 5.82 Å². The molecule has 2 atom stereocenters. The van der Waals surface area contributed by atoms with Crippen molar-refractivity contribution in [3.8, 4) is 0 Å². The number of hydrogen-bond acceptors (Lipinski definition) is 4. The fraction of sp³-hybridized carbons (Fsp3) is 0.529. The summed E-state index contributed by atoms with van der Waals surface area (Å²) in [6.45, 7) is 4.19. The zero-order valence-corrected chi connectivity index (χ0v) is 14.0. The van der Waals surface area contributed by atoms with Gasteiger partial charge in [0.1, 0.15) is 12.0 Å². The van der Waals surface area contributed by atoms with Crippen LogP contribution < -0.4 is 11.1 Å². The van der Waals surface area contributed by atoms with Crippen molar-refractivity contribution in [2.75, 3.05) is 13.1 Å². The molecule has 1 amide bonds. The van der Waals surface area contributed by atoms with Crippen LogP contribution in [-0.2, 0) is 4.79 Å². The van der Waals surface area contributed by atoms with Gasteiger partial charge in [0.05, 0.1) is 25.0 Å². The van der Waals surface area contributed by atoms with Gasteiger partial charge >= 0.3 is 0 Å². The number of likely N-dealkylation sites (tertiary alicyclic amines) is 1. The first kappa shape index (κ1) is 18.3. The molecule has 0 bridgehead atoms. The van der Waals surface area contributed by atoms with Crippen LogP contribution in [0.3, 0.4) is 0 Å². The third-order valence-electron chi connectivity index (χ3n) is 3.97. The molecule has 1 aromatic carbocycles. The lowest BCUT2D eigenvalue weighted by molar-refractivity contribution is -0.140. The Hall–Kier alpha value is -2.02. The highest BCUT2D eigenvalue weighted by atomic mass is 19.1. The van der Waals surface area contributed by atoms with Crippen LogP contribution >= 0.6 is 0 Å². The Bertz CT molecular complexity index is 602. The Labute approximate surface area is 140 Å². The van der Waals surface area contributed by atoms with E-state index in [1.165, 1.54) is 11.0 Å². The fourth-order valence-electron chi connectivity index (χ4n) is 2.71. The fourth-order valence-corrected chi connectivity index (χ4v) is 2.71. The predicted octanol–water partition coefficient (Wildman–Crippen LogP) is 2.14. The summed E-state index contributed by atoms with van der Waals surface area (Å²) in [7, 11) is 0. The van der Waals surface area contributed by atoms with Crippen molar-refractivity contribution in [3.63, 3.8) is 0 Å². The summed E-state index contributed by atoms with van der Waals surface area (Å²) in [4.78, 5) is 17.7. The average molecular weight is 338 g/mol. The third kappa shape index (κ3) is 4.08. The Balaban J connectivity index is 0.00000100. The average Bonchev–Trinajstić information content (AvgIpc) is 3.01. The number of carbonyl (C=O) groups is 1. The molecule has 0 spiro atoms. The Morgan fingerprint density at radius 1 is 1.38 bits per heavy atom. The normalized spacial score (nSPS) is 21.3. The molecule has 132 valence electrons. The molecule has 0 radical (unpaired) electrons. The number of amidine groups is 1. The van der Waals surface area contributed by atoms with E-state index in [1.807, 2.05) is 13.8 Å². The van der Waals surface area contributed by atoms with Gasteiger partial charge in [-0.15, -0.1) is 0 Å². The van der Waals surface area contributed by atoms with Crippen molar-refractivity contribution in [1.82, 2.24) is 10.2 Å². The molecule has 7 heteroatoms. The van der Waals surface area contributed by atoms with E-state index in [1.54, 1.807) is 18.2 Å². The zero-order chi connectivity index (χ0) is 17.7. The molecule has 2 heterocycles. The van der Waals surface area contributed by atoms with E-state index in [2.05, 4.69) is 10.3 Å². The van der Waals surface area contributed by atoms with Gasteiger partial charge in [0, 0.05) is 12.0 Å². The van der Waals surface area contributed by atoms with E-state index in [9.17, 15) is 13.6 Å². The number of amides is 1. The van der Waals surface area contributed by atoms with Crippen LogP contribution in [0.15, 0.2) is 29.3 Å². The Morgan fingerprint density at radius 2 is 2.04 bits per heavy atom. The number of alkyl halides is 1. The highest BCUT2D eigenvalue weighted by Gasteiger charge is 2.34. The van der Waals surface area contributed by atoms with Crippen molar-refractivity contribution in [3.05, 3.63) is 35.6 Å². The minimum absolute atomic E-state index is 0.0958. The highest BCUT2D eigenvalue weighted by Crippen LogP contribution is 2.29. The number of nitrogens with one attached hydrogen (secondary N) is 1. The molecule has 1 aromatic rings. The van der Waals surface area contributed by atoms with E-state index in [-0.39, 0.29) is 30.9 Å². The summed E-state index contributed by atoms with van der Waals surface area (Å²) >= 11 is 0. The number of nitrogens with zero attached hydrogens (tertiary/aromatic N) is 2. The van der Waals surface area contributed by atoms with Crippen molar-refractivity contribution in [1.29, 1.82) is 0 Å². The summed E-state index contributed by atoms with van der Waals surface area (Å²) in [5.41, 5.74) is 6.33. The maximum Gasteiger partial charge on any atom is 0.260 e. The van der Waals surface area contributed by atoms with Crippen molar-refractivity contribution >= 4 is 11.7 Å². The number of aliphatic imine (C=N–C) groups is 1. The lowest BCUT2D eigenvalue weighted by Gasteiger charge is -2.36. The summed E-state index contributed by atoms with van der Waals surface area (Å²) in [5.74, 6) is -0.0372. The van der Waals surface area contributed by atoms with Gasteiger partial charge in [-0.2, -0.15) is 0 Å². The molecule has 1 saturated heterocycles. The van der Waals surface area contributed by atoms with Crippen molar-refractivity contribution < 1.29 is 13.6 Å². The van der Waals surface area contributed by atoms with Gasteiger partial charge < -0.3 is 16.0 Å². The van der Waals surface area contributed by atoms with Crippen LogP contribution in [0.4, 0.5) is 8.78 Å². The number of benzene rings is 1. The first-order chi connectivity index (χ1) is 11.5. The summed E-state index contributed by atoms with van der Waals surface area (Å²) in [6.07, 6.45) is -0.623. The number of rotatable bonds is 3. The predicted molar refractivity (Wildman–Crippen MR) is 89.7 cm³/mol. The molecule has 2 aliphatic rings. The van der Waals surface area contributed by atoms with Crippen LogP contribution in [0.2, 0.25) is 0 Å². The van der Waals surface area contributed by atoms with Gasteiger partial charge in [-0.3, -0.25) is 9.79 Å². The van der Waals surface area contributed by atoms with E-state index < -0.39 is 12.3 Å². The maximum absolute atomic E-state index is 13.7. The van der Waals surface area contributed by atoms with Crippen LogP contribution in [0.25, 0.3) is 0 Å². The first-order valence-electron chi connectivity index (χ1n) is 8.30. The maximum atomic E-state index is 13.7. The highest BCUT2D eigenvalue weighted by molar-refractivity contribution is 5.90. The lowest BCUT2D eigenvalue weighted by atomic mass is 10.0. The molecule has 2 aliphatic heterocycles. The molecule has 3 N–H and O–H groups in total. The smallest absolute Gasteiger partial charge is 0.260 e. The number of hydrogen-bond donors (Lipinski definition) is 2. The molecule has 1 fully saturated rings. The molecule has 3 rings (SSSR count). The van der Waals surface area contributed by atoms with Crippen LogP contribution in [0.5, 0.6) is 0 Å².